The van der Waals surface area contributed by atoms with Gasteiger partial charge in [-0.05, 0) is 30.7 Å². The molecular formula is C13H13F2N3. The van der Waals surface area contributed by atoms with Crippen molar-refractivity contribution in [3.63, 3.8) is 0 Å². The molecule has 0 amide bonds. The average Bonchev–Trinajstić information content (AvgIpc) is 2.36. The molecule has 94 valence electrons. The summed E-state index contributed by atoms with van der Waals surface area (Å²) in [5.41, 5.74) is 7.48. The molecule has 0 atom stereocenters. The number of nitrogens with two attached hydrogens (primary N) is 1. The summed E-state index contributed by atoms with van der Waals surface area (Å²) in [4.78, 5) is 4.16. The molecule has 0 aliphatic rings. The summed E-state index contributed by atoms with van der Waals surface area (Å²) in [5.74, 6) is -1.90. The number of aryl methyl sites for hydroxylation is 1. The number of pyridine rings is 1. The molecule has 5 heteroatoms. The molecule has 1 aromatic carbocycles. The van der Waals surface area contributed by atoms with Gasteiger partial charge in [-0.15, -0.1) is 0 Å². The lowest BCUT2D eigenvalue weighted by Crippen LogP contribution is -2.08. The van der Waals surface area contributed by atoms with Gasteiger partial charge in [0.1, 0.15) is 0 Å². The summed E-state index contributed by atoms with van der Waals surface area (Å²) in [6, 6.07) is 6.04. The minimum atomic E-state index is -0.969. The predicted octanol–water partition coefficient (Wildman–Crippen LogP) is 2.86. The van der Waals surface area contributed by atoms with Crippen LogP contribution in [0.15, 0.2) is 30.5 Å². The Labute approximate surface area is 104 Å². The Morgan fingerprint density at radius 2 is 2.06 bits per heavy atom. The van der Waals surface area contributed by atoms with E-state index in [9.17, 15) is 8.78 Å². The molecule has 0 unspecified atom stereocenters. The molecule has 0 aliphatic carbocycles. The minimum absolute atomic E-state index is 0.0277. The molecule has 18 heavy (non-hydrogen) atoms. The Morgan fingerprint density at radius 3 is 2.78 bits per heavy atom. The third kappa shape index (κ3) is 2.40. The highest BCUT2D eigenvalue weighted by Crippen LogP contribution is 2.25. The summed E-state index contributed by atoms with van der Waals surface area (Å²) < 4.78 is 26.6. The first-order chi connectivity index (χ1) is 8.59. The Kier molecular flexibility index (Phi) is 3.41. The van der Waals surface area contributed by atoms with Crippen molar-refractivity contribution in [3.8, 4) is 0 Å². The van der Waals surface area contributed by atoms with Gasteiger partial charge in [-0.25, -0.2) is 8.78 Å². The summed E-state index contributed by atoms with van der Waals surface area (Å²) in [7, 11) is 0. The van der Waals surface area contributed by atoms with Gasteiger partial charge in [0.2, 0.25) is 0 Å². The summed E-state index contributed by atoms with van der Waals surface area (Å²) in [6.45, 7) is 2.19. The van der Waals surface area contributed by atoms with Gasteiger partial charge in [0, 0.05) is 6.20 Å². The van der Waals surface area contributed by atoms with E-state index in [1.165, 1.54) is 6.07 Å². The summed E-state index contributed by atoms with van der Waals surface area (Å²) >= 11 is 0. The number of anilines is 2. The van der Waals surface area contributed by atoms with E-state index in [-0.39, 0.29) is 17.9 Å². The topological polar surface area (TPSA) is 50.9 Å². The van der Waals surface area contributed by atoms with Crippen LogP contribution in [0.4, 0.5) is 20.2 Å². The van der Waals surface area contributed by atoms with E-state index in [0.717, 1.165) is 17.3 Å². The zero-order valence-electron chi connectivity index (χ0n) is 9.87. The van der Waals surface area contributed by atoms with Gasteiger partial charge in [0.25, 0.3) is 0 Å². The highest BCUT2D eigenvalue weighted by atomic mass is 19.2. The van der Waals surface area contributed by atoms with Gasteiger partial charge in [0.05, 0.1) is 23.6 Å². The molecule has 2 aromatic rings. The SMILES string of the molecule is Cc1cccnc1CNc1c(N)ccc(F)c1F. The molecule has 2 rings (SSSR count). The molecule has 0 saturated carbocycles. The molecule has 1 heterocycles. The summed E-state index contributed by atoms with van der Waals surface area (Å²) in [6.07, 6.45) is 1.65. The number of nitrogens with one attached hydrogen (secondary N) is 1. The van der Waals surface area contributed by atoms with Crippen molar-refractivity contribution in [2.75, 3.05) is 11.1 Å². The van der Waals surface area contributed by atoms with Crippen molar-refractivity contribution >= 4 is 11.4 Å². The van der Waals surface area contributed by atoms with Crippen LogP contribution in [0.5, 0.6) is 0 Å². The third-order valence-corrected chi connectivity index (χ3v) is 2.68. The second-order valence-electron chi connectivity index (χ2n) is 3.95. The number of hydrogen-bond acceptors (Lipinski definition) is 3. The lowest BCUT2D eigenvalue weighted by atomic mass is 10.2. The molecule has 0 bridgehead atoms. The van der Waals surface area contributed by atoms with Crippen molar-refractivity contribution in [2.24, 2.45) is 0 Å². The van der Waals surface area contributed by atoms with Crippen LogP contribution in [0.25, 0.3) is 0 Å². The number of halogens is 2. The number of rotatable bonds is 3. The summed E-state index contributed by atoms with van der Waals surface area (Å²) in [5, 5.41) is 2.78. The van der Waals surface area contributed by atoms with E-state index in [2.05, 4.69) is 10.3 Å². The fraction of sp³-hybridized carbons (Fsp3) is 0.154. The van der Waals surface area contributed by atoms with Gasteiger partial charge in [-0.3, -0.25) is 4.98 Å². The molecule has 0 aliphatic heterocycles. The van der Waals surface area contributed by atoms with Crippen molar-refractivity contribution < 1.29 is 8.78 Å². The fourth-order valence-electron chi connectivity index (χ4n) is 1.62. The van der Waals surface area contributed by atoms with Crippen LogP contribution < -0.4 is 11.1 Å². The van der Waals surface area contributed by atoms with Crippen LogP contribution in [0.2, 0.25) is 0 Å². The normalized spacial score (nSPS) is 10.4. The first-order valence-corrected chi connectivity index (χ1v) is 5.47. The maximum atomic E-state index is 13.5. The van der Waals surface area contributed by atoms with Gasteiger partial charge in [0.15, 0.2) is 11.6 Å². The zero-order chi connectivity index (χ0) is 13.1. The molecular weight excluding hydrogens is 236 g/mol. The fourth-order valence-corrected chi connectivity index (χ4v) is 1.62. The van der Waals surface area contributed by atoms with E-state index in [1.807, 2.05) is 19.1 Å². The highest BCUT2D eigenvalue weighted by molar-refractivity contribution is 5.66. The molecule has 0 spiro atoms. The Hall–Kier alpha value is -2.17. The quantitative estimate of drug-likeness (QED) is 0.822. The monoisotopic (exact) mass is 249 g/mol. The molecule has 3 nitrogen and oxygen atoms in total. The molecule has 0 fully saturated rings. The van der Waals surface area contributed by atoms with Crippen molar-refractivity contribution in [1.29, 1.82) is 0 Å². The largest absolute Gasteiger partial charge is 0.397 e. The highest BCUT2D eigenvalue weighted by Gasteiger charge is 2.11. The van der Waals surface area contributed by atoms with Gasteiger partial charge < -0.3 is 11.1 Å². The Morgan fingerprint density at radius 1 is 1.28 bits per heavy atom. The molecule has 3 N–H and O–H groups in total. The van der Waals surface area contributed by atoms with Crippen molar-refractivity contribution in [1.82, 2.24) is 4.98 Å². The number of aromatic nitrogens is 1. The minimum Gasteiger partial charge on any atom is -0.397 e. The molecule has 0 saturated heterocycles. The Bertz CT molecular complexity index is 570. The maximum absolute atomic E-state index is 13.5. The van der Waals surface area contributed by atoms with Crippen LogP contribution in [-0.4, -0.2) is 4.98 Å². The number of hydrogen-bond donors (Lipinski definition) is 2. The van der Waals surface area contributed by atoms with Crippen molar-refractivity contribution in [2.45, 2.75) is 13.5 Å². The smallest absolute Gasteiger partial charge is 0.183 e. The first-order valence-electron chi connectivity index (χ1n) is 5.47. The van der Waals surface area contributed by atoms with Crippen LogP contribution in [0, 0.1) is 18.6 Å². The zero-order valence-corrected chi connectivity index (χ0v) is 9.87. The molecule has 1 aromatic heterocycles. The Balaban J connectivity index is 2.21. The molecule has 0 radical (unpaired) electrons. The number of nitrogens with zero attached hydrogens (tertiary/aromatic N) is 1. The van der Waals surface area contributed by atoms with E-state index >= 15 is 0 Å². The standard InChI is InChI=1S/C13H13F2N3/c1-8-3-2-6-17-11(8)7-18-13-10(16)5-4-9(14)12(13)15/h2-6,18H,7,16H2,1H3. The van der Waals surface area contributed by atoms with E-state index in [1.54, 1.807) is 6.20 Å². The lowest BCUT2D eigenvalue weighted by molar-refractivity contribution is 0.511. The van der Waals surface area contributed by atoms with Gasteiger partial charge in [-0.2, -0.15) is 0 Å². The van der Waals surface area contributed by atoms with E-state index in [0.29, 0.717) is 0 Å². The van der Waals surface area contributed by atoms with E-state index in [4.69, 9.17) is 5.73 Å². The van der Waals surface area contributed by atoms with Gasteiger partial charge in [-0.1, -0.05) is 6.07 Å². The van der Waals surface area contributed by atoms with Gasteiger partial charge >= 0.3 is 0 Å². The van der Waals surface area contributed by atoms with Crippen LogP contribution >= 0.6 is 0 Å². The maximum Gasteiger partial charge on any atom is 0.183 e. The average molecular weight is 249 g/mol. The lowest BCUT2D eigenvalue weighted by Gasteiger charge is -2.11. The number of nitrogen functional groups attached to an aromatic ring is 1. The first kappa shape index (κ1) is 12.3. The second-order valence-corrected chi connectivity index (χ2v) is 3.95. The third-order valence-electron chi connectivity index (χ3n) is 2.68. The van der Waals surface area contributed by atoms with Crippen LogP contribution in [0.1, 0.15) is 11.3 Å². The number of benzene rings is 1. The van der Waals surface area contributed by atoms with E-state index < -0.39 is 11.6 Å². The second kappa shape index (κ2) is 5.00. The van der Waals surface area contributed by atoms with Crippen LogP contribution in [-0.2, 0) is 6.54 Å². The predicted molar refractivity (Wildman–Crippen MR) is 67.1 cm³/mol. The van der Waals surface area contributed by atoms with Crippen LogP contribution in [0.3, 0.4) is 0 Å². The van der Waals surface area contributed by atoms with Crippen molar-refractivity contribution in [3.05, 3.63) is 53.4 Å².